The van der Waals surface area contributed by atoms with Gasteiger partial charge in [0.1, 0.15) is 17.1 Å². The normalized spacial score (nSPS) is 15.2. The van der Waals surface area contributed by atoms with Crippen molar-refractivity contribution in [3.63, 3.8) is 0 Å². The summed E-state index contributed by atoms with van der Waals surface area (Å²) < 4.78 is 25.8. The van der Waals surface area contributed by atoms with Crippen LogP contribution in [-0.4, -0.2) is 24.5 Å². The van der Waals surface area contributed by atoms with Gasteiger partial charge in [0.15, 0.2) is 5.43 Å². The number of ether oxygens (including phenoxy) is 1. The molecule has 0 fully saturated rings. The first-order chi connectivity index (χ1) is 16.0. The molecule has 1 aliphatic rings. The molecule has 0 radical (unpaired) electrons. The average molecular weight is 508 g/mol. The lowest BCUT2D eigenvalue weighted by Crippen LogP contribution is -2.31. The van der Waals surface area contributed by atoms with Crippen LogP contribution >= 0.6 is 15.9 Å². The summed E-state index contributed by atoms with van der Waals surface area (Å²) in [6.07, 6.45) is 0.580. The first kappa shape index (κ1) is 21.4. The molecular weight excluding hydrogens is 489 g/mol. The van der Waals surface area contributed by atoms with E-state index in [0.29, 0.717) is 13.0 Å². The summed E-state index contributed by atoms with van der Waals surface area (Å²) in [5.74, 6) is -0.121. The zero-order chi connectivity index (χ0) is 23.1. The van der Waals surface area contributed by atoms with E-state index in [1.165, 1.54) is 12.1 Å². The predicted octanol–water partition coefficient (Wildman–Crippen LogP) is 5.49. The molecule has 0 saturated carbocycles. The van der Waals surface area contributed by atoms with Gasteiger partial charge in [0.05, 0.1) is 24.1 Å². The molecule has 1 aromatic heterocycles. The molecule has 33 heavy (non-hydrogen) atoms. The van der Waals surface area contributed by atoms with Crippen LogP contribution in [0.2, 0.25) is 0 Å². The summed E-state index contributed by atoms with van der Waals surface area (Å²) in [6.45, 7) is 0.372. The monoisotopic (exact) mass is 507 g/mol. The molecule has 0 N–H and O–H groups in total. The van der Waals surface area contributed by atoms with Crippen molar-refractivity contribution >= 4 is 32.8 Å². The molecule has 1 amide bonds. The first-order valence-electron chi connectivity index (χ1n) is 10.4. The zero-order valence-electron chi connectivity index (χ0n) is 17.7. The number of fused-ring (bicyclic) bond motifs is 2. The average Bonchev–Trinajstić information content (AvgIpc) is 3.10. The SMILES string of the molecule is COc1ccc(CCN2C(=O)c3oc4ccc(F)cc4c(=O)c3C2c2cccc(Br)c2)cc1. The highest BCUT2D eigenvalue weighted by Crippen LogP contribution is 2.39. The fourth-order valence-electron chi connectivity index (χ4n) is 4.29. The molecule has 5 nitrogen and oxygen atoms in total. The van der Waals surface area contributed by atoms with Crippen LogP contribution in [-0.2, 0) is 6.42 Å². The maximum Gasteiger partial charge on any atom is 0.290 e. The Morgan fingerprint density at radius 2 is 1.85 bits per heavy atom. The van der Waals surface area contributed by atoms with Crippen molar-refractivity contribution in [3.05, 3.63) is 110 Å². The van der Waals surface area contributed by atoms with Gasteiger partial charge < -0.3 is 14.1 Å². The summed E-state index contributed by atoms with van der Waals surface area (Å²) >= 11 is 3.47. The van der Waals surface area contributed by atoms with E-state index >= 15 is 0 Å². The van der Waals surface area contributed by atoms with Gasteiger partial charge in [-0.15, -0.1) is 0 Å². The molecule has 1 aliphatic heterocycles. The number of nitrogens with zero attached hydrogens (tertiary/aromatic N) is 1. The van der Waals surface area contributed by atoms with E-state index in [-0.39, 0.29) is 28.2 Å². The molecule has 2 heterocycles. The number of halogens is 2. The molecule has 0 spiro atoms. The Morgan fingerprint density at radius 1 is 1.06 bits per heavy atom. The van der Waals surface area contributed by atoms with Gasteiger partial charge in [0, 0.05) is 11.0 Å². The van der Waals surface area contributed by atoms with E-state index in [9.17, 15) is 14.0 Å². The highest BCUT2D eigenvalue weighted by atomic mass is 79.9. The highest BCUT2D eigenvalue weighted by molar-refractivity contribution is 9.10. The lowest BCUT2D eigenvalue weighted by molar-refractivity contribution is 0.0730. The van der Waals surface area contributed by atoms with Gasteiger partial charge >= 0.3 is 0 Å². The zero-order valence-corrected chi connectivity index (χ0v) is 19.3. The third-order valence-electron chi connectivity index (χ3n) is 5.89. The molecule has 1 atom stereocenters. The Kier molecular flexibility index (Phi) is 5.50. The summed E-state index contributed by atoms with van der Waals surface area (Å²) in [5.41, 5.74) is 1.84. The van der Waals surface area contributed by atoms with Gasteiger partial charge in [-0.3, -0.25) is 9.59 Å². The molecule has 0 bridgehead atoms. The maximum absolute atomic E-state index is 13.9. The minimum atomic E-state index is -0.632. The van der Waals surface area contributed by atoms with Crippen LogP contribution < -0.4 is 10.2 Å². The molecule has 4 aromatic rings. The number of carbonyl (C=O) groups is 1. The summed E-state index contributed by atoms with van der Waals surface area (Å²) in [7, 11) is 1.61. The van der Waals surface area contributed by atoms with Gasteiger partial charge in [-0.1, -0.05) is 40.2 Å². The summed E-state index contributed by atoms with van der Waals surface area (Å²) in [4.78, 5) is 28.5. The number of benzene rings is 3. The van der Waals surface area contributed by atoms with Crippen LogP contribution in [0.1, 0.15) is 33.3 Å². The van der Waals surface area contributed by atoms with Crippen LogP contribution in [0.4, 0.5) is 4.39 Å². The fourth-order valence-corrected chi connectivity index (χ4v) is 4.71. The van der Waals surface area contributed by atoms with Crippen LogP contribution in [0.15, 0.2) is 80.4 Å². The van der Waals surface area contributed by atoms with Crippen molar-refractivity contribution < 1.29 is 18.3 Å². The van der Waals surface area contributed by atoms with Crippen LogP contribution in [0.3, 0.4) is 0 Å². The second kappa shape index (κ2) is 8.48. The lowest BCUT2D eigenvalue weighted by Gasteiger charge is -2.25. The topological polar surface area (TPSA) is 59.8 Å². The second-order valence-corrected chi connectivity index (χ2v) is 8.78. The van der Waals surface area contributed by atoms with Crippen molar-refractivity contribution in [2.45, 2.75) is 12.5 Å². The minimum Gasteiger partial charge on any atom is -0.497 e. The molecule has 1 unspecified atom stereocenters. The Balaban J connectivity index is 1.61. The van der Waals surface area contributed by atoms with E-state index in [1.807, 2.05) is 48.5 Å². The predicted molar refractivity (Wildman–Crippen MR) is 126 cm³/mol. The number of amides is 1. The molecule has 5 rings (SSSR count). The fraction of sp³-hybridized carbons (Fsp3) is 0.154. The van der Waals surface area contributed by atoms with E-state index < -0.39 is 17.3 Å². The second-order valence-electron chi connectivity index (χ2n) is 7.87. The van der Waals surface area contributed by atoms with Crippen LogP contribution in [0.5, 0.6) is 5.75 Å². The van der Waals surface area contributed by atoms with E-state index in [0.717, 1.165) is 27.4 Å². The Hall–Kier alpha value is -3.45. The van der Waals surface area contributed by atoms with Crippen molar-refractivity contribution in [1.29, 1.82) is 0 Å². The number of carbonyl (C=O) groups excluding carboxylic acids is 1. The highest BCUT2D eigenvalue weighted by Gasteiger charge is 2.42. The Labute approximate surface area is 197 Å². The molecule has 3 aromatic carbocycles. The number of hydrogen-bond acceptors (Lipinski definition) is 4. The van der Waals surface area contributed by atoms with Gasteiger partial charge in [-0.05, 0) is 60.0 Å². The van der Waals surface area contributed by atoms with Gasteiger partial charge in [-0.25, -0.2) is 4.39 Å². The van der Waals surface area contributed by atoms with E-state index in [4.69, 9.17) is 9.15 Å². The van der Waals surface area contributed by atoms with Gasteiger partial charge in [0.25, 0.3) is 5.91 Å². The molecule has 166 valence electrons. The minimum absolute atomic E-state index is 0.0128. The Morgan fingerprint density at radius 3 is 2.58 bits per heavy atom. The van der Waals surface area contributed by atoms with Gasteiger partial charge in [0.2, 0.25) is 5.76 Å². The summed E-state index contributed by atoms with van der Waals surface area (Å²) in [5, 5.41) is 0.124. The van der Waals surface area contributed by atoms with Crippen LogP contribution in [0, 0.1) is 5.82 Å². The van der Waals surface area contributed by atoms with E-state index in [1.54, 1.807) is 12.0 Å². The van der Waals surface area contributed by atoms with Gasteiger partial charge in [-0.2, -0.15) is 0 Å². The molecule has 0 aliphatic carbocycles. The van der Waals surface area contributed by atoms with Crippen molar-refractivity contribution in [3.8, 4) is 5.75 Å². The number of rotatable bonds is 5. The quantitative estimate of drug-likeness (QED) is 0.358. The first-order valence-corrected chi connectivity index (χ1v) is 11.2. The molecule has 7 heteroatoms. The van der Waals surface area contributed by atoms with Crippen molar-refractivity contribution in [2.75, 3.05) is 13.7 Å². The van der Waals surface area contributed by atoms with Crippen molar-refractivity contribution in [2.24, 2.45) is 0 Å². The number of hydrogen-bond donors (Lipinski definition) is 0. The Bertz CT molecular complexity index is 1430. The van der Waals surface area contributed by atoms with E-state index in [2.05, 4.69) is 15.9 Å². The smallest absolute Gasteiger partial charge is 0.290 e. The summed E-state index contributed by atoms with van der Waals surface area (Å²) in [6, 6.07) is 18.2. The maximum atomic E-state index is 13.9. The number of methoxy groups -OCH3 is 1. The van der Waals surface area contributed by atoms with Crippen LogP contribution in [0.25, 0.3) is 11.0 Å². The largest absolute Gasteiger partial charge is 0.497 e. The standard InChI is InChI=1S/C26H19BrFNO4/c1-32-19-8-5-15(6-9-19)11-12-29-23(16-3-2-4-17(27)13-16)22-24(30)20-14-18(28)7-10-21(20)33-25(22)26(29)31/h2-10,13-14,23H,11-12H2,1H3. The third kappa shape index (κ3) is 3.82. The lowest BCUT2D eigenvalue weighted by atomic mass is 9.98. The molecular formula is C26H19BrFNO4. The molecule has 0 saturated heterocycles. The third-order valence-corrected chi connectivity index (χ3v) is 6.39. The van der Waals surface area contributed by atoms with Crippen molar-refractivity contribution in [1.82, 2.24) is 4.90 Å².